The summed E-state index contributed by atoms with van der Waals surface area (Å²) in [5, 5.41) is 19.9. The lowest BCUT2D eigenvalue weighted by Crippen LogP contribution is -2.60. The number of carboxylic acid groups (broad SMARTS) is 1. The van der Waals surface area contributed by atoms with Crippen molar-refractivity contribution in [2.75, 3.05) is 16.9 Å². The van der Waals surface area contributed by atoms with Gasteiger partial charge in [0.1, 0.15) is 5.82 Å². The molecule has 4 amide bonds. The van der Waals surface area contributed by atoms with Crippen molar-refractivity contribution in [3.63, 3.8) is 0 Å². The number of hydrogen-bond donors (Lipinski definition) is 2. The van der Waals surface area contributed by atoms with Gasteiger partial charge < -0.3 is 14.9 Å². The molecule has 2 aliphatic carbocycles. The Hall–Kier alpha value is -4.45. The minimum absolute atomic E-state index is 0.0207. The van der Waals surface area contributed by atoms with Crippen molar-refractivity contribution < 1.29 is 43.3 Å². The van der Waals surface area contributed by atoms with Gasteiger partial charge in [0, 0.05) is 5.92 Å². The van der Waals surface area contributed by atoms with Crippen LogP contribution in [0.5, 0.6) is 11.5 Å². The number of alkyl halides is 2. The minimum Gasteiger partial charge on any atom is -0.503 e. The average Bonchev–Trinajstić information content (AvgIpc) is 3.40. The number of rotatable bonds is 5. The number of fused-ring (bicyclic) bond motifs is 4. The number of ether oxygens (including phenoxy) is 1. The molecule has 0 radical (unpaired) electrons. The number of methoxy groups -OCH3 is 1. The van der Waals surface area contributed by atoms with Gasteiger partial charge in [-0.3, -0.25) is 24.1 Å². The number of amides is 4. The Morgan fingerprint density at radius 3 is 2.31 bits per heavy atom. The van der Waals surface area contributed by atoms with Crippen LogP contribution < -0.4 is 14.5 Å². The molecule has 0 spiro atoms. The molecule has 0 aromatic heterocycles. The zero-order chi connectivity index (χ0) is 34.4. The SMILES string of the molecule is COc1cc(C2C3=CCC4C(=O)N(c5cccc(C(=O)O)c5)C(=O)C4C3CC3(Cl)C(=O)N(c4ccc(F)cc4)C(=O)C23Cl)cc(Cl)c1O. The van der Waals surface area contributed by atoms with Crippen molar-refractivity contribution >= 4 is 75.8 Å². The van der Waals surface area contributed by atoms with E-state index in [0.29, 0.717) is 5.57 Å². The van der Waals surface area contributed by atoms with Gasteiger partial charge in [0.25, 0.3) is 11.8 Å². The van der Waals surface area contributed by atoms with Crippen molar-refractivity contribution in [2.24, 2.45) is 17.8 Å². The number of carbonyl (C=O) groups is 5. The van der Waals surface area contributed by atoms with Crippen molar-refractivity contribution in [2.45, 2.75) is 28.5 Å². The lowest BCUT2D eigenvalue weighted by atomic mass is 9.56. The summed E-state index contributed by atoms with van der Waals surface area (Å²) in [6, 6.07) is 12.8. The molecule has 48 heavy (non-hydrogen) atoms. The van der Waals surface area contributed by atoms with Gasteiger partial charge in [0.2, 0.25) is 11.8 Å². The van der Waals surface area contributed by atoms with E-state index < -0.39 is 68.8 Å². The van der Waals surface area contributed by atoms with E-state index >= 15 is 0 Å². The average molecular weight is 714 g/mol. The Labute approximate surface area is 287 Å². The number of phenols is 1. The fourth-order valence-corrected chi connectivity index (χ4v) is 8.88. The normalized spacial score (nSPS) is 29.4. The molecule has 2 N–H and O–H groups in total. The molecule has 14 heteroatoms. The van der Waals surface area contributed by atoms with Crippen LogP contribution in [0.15, 0.2) is 72.3 Å². The second-order valence-corrected chi connectivity index (χ2v) is 13.8. The number of anilines is 2. The highest BCUT2D eigenvalue weighted by Crippen LogP contribution is 2.66. The number of imide groups is 2. The standard InChI is InChI=1S/C34H24Cl3FN2O8/c1-48-24-13-16(12-23(35)27(24)41)26-20-9-10-21-25(29(43)39(28(21)42)19-4-2-3-15(11-19)30(44)45)22(20)14-33(36)31(46)40(32(47)34(26,33)37)18-7-5-17(38)6-8-18/h2-9,11-13,21-22,25-26,41H,10,14H2,1H3,(H,44,45). The number of hydrogen-bond acceptors (Lipinski definition) is 7. The third kappa shape index (κ3) is 4.27. The second kappa shape index (κ2) is 11.0. The molecule has 7 rings (SSSR count). The molecule has 10 nitrogen and oxygen atoms in total. The van der Waals surface area contributed by atoms with Gasteiger partial charge in [0.15, 0.2) is 21.2 Å². The molecular weight excluding hydrogens is 690 g/mol. The molecule has 3 fully saturated rings. The third-order valence-electron chi connectivity index (χ3n) is 9.85. The Kier molecular flexibility index (Phi) is 7.39. The van der Waals surface area contributed by atoms with Crippen LogP contribution in [0.4, 0.5) is 15.8 Å². The van der Waals surface area contributed by atoms with Gasteiger partial charge in [-0.2, -0.15) is 0 Å². The number of benzene rings is 3. The number of carbonyl (C=O) groups excluding carboxylic acids is 4. The first kappa shape index (κ1) is 32.1. The van der Waals surface area contributed by atoms with Gasteiger partial charge >= 0.3 is 5.97 Å². The van der Waals surface area contributed by atoms with Crippen LogP contribution in [0, 0.1) is 23.6 Å². The van der Waals surface area contributed by atoms with Crippen molar-refractivity contribution in [3.8, 4) is 11.5 Å². The van der Waals surface area contributed by atoms with Crippen LogP contribution in [-0.4, -0.2) is 56.7 Å². The number of halogens is 4. The van der Waals surface area contributed by atoms with E-state index in [1.54, 1.807) is 6.08 Å². The highest BCUT2D eigenvalue weighted by atomic mass is 35.5. The number of aromatic hydroxyl groups is 1. The third-order valence-corrected chi connectivity index (χ3v) is 11.6. The van der Waals surface area contributed by atoms with E-state index in [4.69, 9.17) is 39.5 Å². The maximum absolute atomic E-state index is 14.5. The van der Waals surface area contributed by atoms with E-state index in [2.05, 4.69) is 0 Å². The number of allylic oxidation sites excluding steroid dienone is 2. The van der Waals surface area contributed by atoms with Crippen LogP contribution in [0.2, 0.25) is 5.02 Å². The van der Waals surface area contributed by atoms with Gasteiger partial charge in [-0.05, 0) is 78.9 Å². The van der Waals surface area contributed by atoms with Gasteiger partial charge in [-0.1, -0.05) is 29.3 Å². The number of aromatic carboxylic acids is 1. The number of nitrogens with zero attached hydrogens (tertiary/aromatic N) is 2. The first-order valence-corrected chi connectivity index (χ1v) is 15.9. The van der Waals surface area contributed by atoms with Crippen LogP contribution in [0.3, 0.4) is 0 Å². The predicted octanol–water partition coefficient (Wildman–Crippen LogP) is 5.66. The molecule has 3 aromatic carbocycles. The fraction of sp³-hybridized carbons (Fsp3) is 0.265. The largest absolute Gasteiger partial charge is 0.503 e. The lowest BCUT2D eigenvalue weighted by Gasteiger charge is -2.50. The first-order chi connectivity index (χ1) is 22.7. The van der Waals surface area contributed by atoms with Crippen LogP contribution in [0.25, 0.3) is 0 Å². The van der Waals surface area contributed by atoms with Gasteiger partial charge in [-0.25, -0.2) is 14.1 Å². The van der Waals surface area contributed by atoms with E-state index in [1.807, 2.05) is 0 Å². The summed E-state index contributed by atoms with van der Waals surface area (Å²) in [6.45, 7) is 0. The quantitative estimate of drug-likeness (QED) is 0.196. The maximum Gasteiger partial charge on any atom is 0.335 e. The summed E-state index contributed by atoms with van der Waals surface area (Å²) in [5.74, 6) is -9.33. The Bertz CT molecular complexity index is 2000. The van der Waals surface area contributed by atoms with Crippen molar-refractivity contribution in [1.82, 2.24) is 0 Å². The van der Waals surface area contributed by atoms with Crippen LogP contribution in [0.1, 0.15) is 34.7 Å². The molecule has 246 valence electrons. The van der Waals surface area contributed by atoms with Gasteiger partial charge in [0.05, 0.1) is 40.9 Å². The first-order valence-electron chi connectivity index (χ1n) is 14.7. The Morgan fingerprint density at radius 1 is 0.938 bits per heavy atom. The van der Waals surface area contributed by atoms with E-state index in [0.717, 1.165) is 21.9 Å². The van der Waals surface area contributed by atoms with Crippen molar-refractivity contribution in [1.29, 1.82) is 0 Å². The molecule has 2 saturated heterocycles. The van der Waals surface area contributed by atoms with Gasteiger partial charge in [-0.15, -0.1) is 23.2 Å². The zero-order valence-electron chi connectivity index (χ0n) is 24.8. The number of phenolic OH excluding ortho intramolecular Hbond substituents is 1. The summed E-state index contributed by atoms with van der Waals surface area (Å²) in [6.07, 6.45) is 1.45. The Balaban J connectivity index is 1.41. The summed E-state index contributed by atoms with van der Waals surface area (Å²) in [5.41, 5.74) is 0.669. The minimum atomic E-state index is -2.22. The lowest BCUT2D eigenvalue weighted by molar-refractivity contribution is -0.125. The molecular formula is C34H24Cl3FN2O8. The zero-order valence-corrected chi connectivity index (χ0v) is 27.1. The molecule has 1 saturated carbocycles. The molecule has 0 bridgehead atoms. The highest BCUT2D eigenvalue weighted by Gasteiger charge is 2.76. The van der Waals surface area contributed by atoms with E-state index in [1.165, 1.54) is 55.6 Å². The maximum atomic E-state index is 14.5. The molecule has 2 heterocycles. The fourth-order valence-electron chi connectivity index (χ4n) is 7.72. The van der Waals surface area contributed by atoms with E-state index in [9.17, 15) is 38.6 Å². The van der Waals surface area contributed by atoms with E-state index in [-0.39, 0.29) is 51.9 Å². The molecule has 6 atom stereocenters. The highest BCUT2D eigenvalue weighted by molar-refractivity contribution is 6.58. The van der Waals surface area contributed by atoms with Crippen molar-refractivity contribution in [3.05, 3.63) is 94.3 Å². The molecule has 2 aliphatic heterocycles. The summed E-state index contributed by atoms with van der Waals surface area (Å²) in [7, 11) is 1.29. The predicted molar refractivity (Wildman–Crippen MR) is 172 cm³/mol. The second-order valence-electron chi connectivity index (χ2n) is 12.2. The number of carboxylic acids is 1. The molecule has 3 aromatic rings. The van der Waals surface area contributed by atoms with Crippen LogP contribution in [-0.2, 0) is 19.2 Å². The Morgan fingerprint density at radius 2 is 1.65 bits per heavy atom. The smallest absolute Gasteiger partial charge is 0.335 e. The van der Waals surface area contributed by atoms with Crippen LogP contribution >= 0.6 is 34.8 Å². The summed E-state index contributed by atoms with van der Waals surface area (Å²) >= 11 is 21.1. The molecule has 4 aliphatic rings. The topological polar surface area (TPSA) is 142 Å². The summed E-state index contributed by atoms with van der Waals surface area (Å²) in [4.78, 5) is 65.9. The summed E-state index contributed by atoms with van der Waals surface area (Å²) < 4.78 is 19.2. The molecule has 6 unspecified atom stereocenters. The monoisotopic (exact) mass is 712 g/mol.